The molecule has 1 saturated heterocycles. The number of aliphatic carboxylic acids is 2. The first kappa shape index (κ1) is 44.9. The number of nitrogens with zero attached hydrogens (tertiary/aromatic N) is 2. The van der Waals surface area contributed by atoms with E-state index in [9.17, 15) is 63.9 Å². The Labute approximate surface area is 298 Å². The van der Waals surface area contributed by atoms with Crippen molar-refractivity contribution < 1.29 is 63.9 Å². The number of aliphatic hydroxyl groups excluding tert-OH is 3. The zero-order valence-electron chi connectivity index (χ0n) is 28.8. The van der Waals surface area contributed by atoms with Gasteiger partial charge in [-0.15, -0.1) is 0 Å². The number of nitrogens with one attached hydrogen (secondary N) is 5. The molecular formula is C29H50N10O13. The first-order valence-electron chi connectivity index (χ1n) is 16.3. The molecule has 8 atom stereocenters. The van der Waals surface area contributed by atoms with Crippen molar-refractivity contribution in [3.05, 3.63) is 0 Å². The van der Waals surface area contributed by atoms with Crippen molar-refractivity contribution in [1.29, 1.82) is 0 Å². The van der Waals surface area contributed by atoms with Gasteiger partial charge in [0.25, 0.3) is 0 Å². The van der Waals surface area contributed by atoms with Gasteiger partial charge in [0.2, 0.25) is 35.4 Å². The van der Waals surface area contributed by atoms with Crippen molar-refractivity contribution in [2.45, 2.75) is 101 Å². The van der Waals surface area contributed by atoms with E-state index in [-0.39, 0.29) is 31.9 Å². The molecule has 6 amide bonds. The third-order valence-electron chi connectivity index (χ3n) is 7.77. The number of hydrogen-bond acceptors (Lipinski definition) is 13. The van der Waals surface area contributed by atoms with Crippen LogP contribution in [0.3, 0.4) is 0 Å². The van der Waals surface area contributed by atoms with Crippen molar-refractivity contribution in [3.63, 3.8) is 0 Å². The molecule has 0 aromatic heterocycles. The van der Waals surface area contributed by atoms with Crippen LogP contribution in [0.1, 0.15) is 52.4 Å². The first-order chi connectivity index (χ1) is 24.3. The molecule has 0 bridgehead atoms. The SMILES string of the molecule is C[C@@H](O)[C@H](NC(=O)CNC(=O)[C@H](CO)NC(=O)[C@@H](N)CCCN=C(N)N)C(=O)N[C@@H](CCC(=O)O)C(=O)N[C@H](C(=O)N1CCC[C@H]1C(=O)O)[C@@H](C)O. The molecule has 0 aromatic rings. The zero-order chi connectivity index (χ0) is 39.7. The minimum absolute atomic E-state index is 0.0382. The van der Waals surface area contributed by atoms with Gasteiger partial charge in [-0.25, -0.2) is 4.79 Å². The fraction of sp³-hybridized carbons (Fsp3) is 0.690. The van der Waals surface area contributed by atoms with Gasteiger partial charge in [0.1, 0.15) is 30.2 Å². The summed E-state index contributed by atoms with van der Waals surface area (Å²) in [4.78, 5) is 105. The lowest BCUT2D eigenvalue weighted by atomic mass is 10.1. The third-order valence-corrected chi connectivity index (χ3v) is 7.77. The molecule has 0 aromatic carbocycles. The standard InChI is InChI=1S/C29H50N10O13/c1-13(41)21(37-19(43)11-34-24(47)17(12-40)36-23(46)15(30)5-3-9-33-29(31)32)26(49)35-16(7-8-20(44)45)25(48)38-22(14(2)42)27(50)39-10-4-6-18(39)28(51)52/h13-18,21-22,40-42H,3-12,30H2,1-2H3,(H,34,47)(H,35,49)(H,36,46)(H,37,43)(H,38,48)(H,44,45)(H,51,52)(H4,31,32,33)/t13-,14-,15+,16+,17+,18+,21+,22+/m1/s1. The molecular weight excluding hydrogens is 696 g/mol. The number of carboxylic acid groups (broad SMARTS) is 2. The molecule has 294 valence electrons. The minimum atomic E-state index is -1.77. The van der Waals surface area contributed by atoms with Crippen LogP contribution in [0.5, 0.6) is 0 Å². The monoisotopic (exact) mass is 746 g/mol. The lowest BCUT2D eigenvalue weighted by Gasteiger charge is -2.30. The van der Waals surface area contributed by atoms with Gasteiger partial charge in [0.05, 0.1) is 31.4 Å². The normalized spacial score (nSPS) is 17.9. The maximum atomic E-state index is 13.2. The van der Waals surface area contributed by atoms with Crippen molar-refractivity contribution in [3.8, 4) is 0 Å². The number of carboxylic acids is 2. The largest absolute Gasteiger partial charge is 0.481 e. The number of hydrogen-bond donors (Lipinski definition) is 13. The number of likely N-dealkylation sites (tertiary alicyclic amines) is 1. The first-order valence-corrected chi connectivity index (χ1v) is 16.3. The van der Waals surface area contributed by atoms with E-state index in [4.69, 9.17) is 17.2 Å². The van der Waals surface area contributed by atoms with Crippen LogP contribution in [0.25, 0.3) is 0 Å². The Balaban J connectivity index is 2.92. The van der Waals surface area contributed by atoms with Gasteiger partial charge in [-0.1, -0.05) is 0 Å². The van der Waals surface area contributed by atoms with Gasteiger partial charge in [-0.2, -0.15) is 0 Å². The number of rotatable bonds is 22. The predicted octanol–water partition coefficient (Wildman–Crippen LogP) is -6.88. The van der Waals surface area contributed by atoms with Gasteiger partial charge < -0.3 is 74.2 Å². The maximum absolute atomic E-state index is 13.2. The second-order valence-electron chi connectivity index (χ2n) is 12.1. The Hall–Kier alpha value is -5.13. The topological polar surface area (TPSA) is 392 Å². The molecule has 1 aliphatic heterocycles. The number of aliphatic hydroxyl groups is 3. The van der Waals surface area contributed by atoms with Crippen LogP contribution in [0.15, 0.2) is 4.99 Å². The van der Waals surface area contributed by atoms with E-state index in [1.807, 2.05) is 0 Å². The quantitative estimate of drug-likeness (QED) is 0.0278. The minimum Gasteiger partial charge on any atom is -0.481 e. The summed E-state index contributed by atoms with van der Waals surface area (Å²) in [6.07, 6.45) is -3.39. The fourth-order valence-corrected chi connectivity index (χ4v) is 4.95. The third kappa shape index (κ3) is 15.0. The van der Waals surface area contributed by atoms with Crippen LogP contribution < -0.4 is 43.8 Å². The summed E-state index contributed by atoms with van der Waals surface area (Å²) in [6.45, 7) is 0.798. The van der Waals surface area contributed by atoms with Crippen molar-refractivity contribution >= 4 is 53.3 Å². The summed E-state index contributed by atoms with van der Waals surface area (Å²) in [6, 6.07) is -8.93. The predicted molar refractivity (Wildman–Crippen MR) is 178 cm³/mol. The number of nitrogens with two attached hydrogens (primary N) is 3. The molecule has 23 heteroatoms. The van der Waals surface area contributed by atoms with E-state index in [0.29, 0.717) is 12.8 Å². The Kier molecular flexibility index (Phi) is 18.9. The van der Waals surface area contributed by atoms with E-state index in [2.05, 4.69) is 31.6 Å². The summed E-state index contributed by atoms with van der Waals surface area (Å²) in [5.41, 5.74) is 16.2. The molecule has 0 spiro atoms. The highest BCUT2D eigenvalue weighted by molar-refractivity contribution is 5.96. The fourth-order valence-electron chi connectivity index (χ4n) is 4.95. The average Bonchev–Trinajstić information content (AvgIpc) is 3.57. The lowest BCUT2D eigenvalue weighted by molar-refractivity contribution is -0.150. The Morgan fingerprint density at radius 2 is 1.44 bits per heavy atom. The summed E-state index contributed by atoms with van der Waals surface area (Å²) in [5.74, 6) is -8.86. The highest BCUT2D eigenvalue weighted by atomic mass is 16.4. The van der Waals surface area contributed by atoms with Gasteiger partial charge in [0, 0.05) is 19.5 Å². The van der Waals surface area contributed by atoms with E-state index in [1.165, 1.54) is 0 Å². The molecule has 0 radical (unpaired) electrons. The zero-order valence-corrected chi connectivity index (χ0v) is 28.8. The maximum Gasteiger partial charge on any atom is 0.326 e. The number of carbonyl (C=O) groups is 8. The van der Waals surface area contributed by atoms with E-state index in [1.54, 1.807) is 0 Å². The number of aliphatic imine (C=N–C) groups is 1. The highest BCUT2D eigenvalue weighted by Gasteiger charge is 2.40. The van der Waals surface area contributed by atoms with Crippen LogP contribution in [-0.4, -0.2) is 158 Å². The van der Waals surface area contributed by atoms with Crippen LogP contribution in [0, 0.1) is 0 Å². The number of amides is 6. The molecule has 1 fully saturated rings. The molecule has 52 heavy (non-hydrogen) atoms. The molecule has 1 aliphatic rings. The second-order valence-corrected chi connectivity index (χ2v) is 12.1. The summed E-state index contributed by atoms with van der Waals surface area (Å²) in [5, 5.41) is 59.7. The summed E-state index contributed by atoms with van der Waals surface area (Å²) >= 11 is 0. The second kappa shape index (κ2) is 21.9. The van der Waals surface area contributed by atoms with E-state index in [0.717, 1.165) is 18.7 Å². The Morgan fingerprint density at radius 1 is 0.827 bits per heavy atom. The van der Waals surface area contributed by atoms with Crippen molar-refractivity contribution in [1.82, 2.24) is 31.5 Å². The van der Waals surface area contributed by atoms with Crippen LogP contribution >= 0.6 is 0 Å². The number of carbonyl (C=O) groups excluding carboxylic acids is 6. The van der Waals surface area contributed by atoms with E-state index < -0.39 is 122 Å². The van der Waals surface area contributed by atoms with Crippen LogP contribution in [0.4, 0.5) is 0 Å². The summed E-state index contributed by atoms with van der Waals surface area (Å²) in [7, 11) is 0. The molecule has 0 saturated carbocycles. The van der Waals surface area contributed by atoms with Crippen molar-refractivity contribution in [2.24, 2.45) is 22.2 Å². The van der Waals surface area contributed by atoms with Crippen LogP contribution in [0.2, 0.25) is 0 Å². The molecule has 23 nitrogen and oxygen atoms in total. The summed E-state index contributed by atoms with van der Waals surface area (Å²) < 4.78 is 0. The Bertz CT molecular complexity index is 1320. The average molecular weight is 747 g/mol. The molecule has 16 N–H and O–H groups in total. The molecule has 0 unspecified atom stereocenters. The van der Waals surface area contributed by atoms with Gasteiger partial charge in [0.15, 0.2) is 5.96 Å². The van der Waals surface area contributed by atoms with E-state index >= 15 is 0 Å². The van der Waals surface area contributed by atoms with Crippen LogP contribution in [-0.2, 0) is 38.4 Å². The Morgan fingerprint density at radius 3 is 1.98 bits per heavy atom. The van der Waals surface area contributed by atoms with Crippen molar-refractivity contribution in [2.75, 3.05) is 26.2 Å². The molecule has 0 aliphatic carbocycles. The van der Waals surface area contributed by atoms with Gasteiger partial charge >= 0.3 is 11.9 Å². The van der Waals surface area contributed by atoms with Gasteiger partial charge in [-0.3, -0.25) is 38.6 Å². The number of guanidine groups is 1. The smallest absolute Gasteiger partial charge is 0.326 e. The lowest BCUT2D eigenvalue weighted by Crippen LogP contribution is -2.61. The molecule has 1 rings (SSSR count). The highest BCUT2D eigenvalue weighted by Crippen LogP contribution is 2.19. The van der Waals surface area contributed by atoms with Gasteiger partial charge in [-0.05, 0) is 46.0 Å². The molecule has 1 heterocycles.